The summed E-state index contributed by atoms with van der Waals surface area (Å²) in [5, 5.41) is 4.59. The van der Waals surface area contributed by atoms with Gasteiger partial charge < -0.3 is 9.47 Å². The summed E-state index contributed by atoms with van der Waals surface area (Å²) in [5.74, 6) is 0.411. The average Bonchev–Trinajstić information content (AvgIpc) is 3.52. The molecule has 1 unspecified atom stereocenters. The second kappa shape index (κ2) is 9.72. The SMILES string of the molecule is CCn1nc(C)cc1/C(OC(C)OC(=O)C1CC1)=C(\C=N\C)c1ccc(C(C)(C)C)cc1. The monoisotopic (exact) mass is 437 g/mol. The van der Waals surface area contributed by atoms with E-state index in [0.717, 1.165) is 35.4 Å². The fraction of sp³-hybridized carbons (Fsp3) is 0.500. The Labute approximate surface area is 191 Å². The maximum Gasteiger partial charge on any atom is 0.311 e. The van der Waals surface area contributed by atoms with Gasteiger partial charge in [0.2, 0.25) is 6.29 Å². The first kappa shape index (κ1) is 23.8. The van der Waals surface area contributed by atoms with Crippen LogP contribution in [-0.2, 0) is 26.2 Å². The Kier molecular flexibility index (Phi) is 7.22. The van der Waals surface area contributed by atoms with Crippen LogP contribution in [0.2, 0.25) is 0 Å². The predicted octanol–water partition coefficient (Wildman–Crippen LogP) is 5.39. The number of hydrogen-bond acceptors (Lipinski definition) is 5. The van der Waals surface area contributed by atoms with E-state index < -0.39 is 6.29 Å². The number of nitrogens with zero attached hydrogens (tertiary/aromatic N) is 3. The average molecular weight is 438 g/mol. The molecule has 1 atom stereocenters. The van der Waals surface area contributed by atoms with E-state index >= 15 is 0 Å². The summed E-state index contributed by atoms with van der Waals surface area (Å²) < 4.78 is 13.8. The summed E-state index contributed by atoms with van der Waals surface area (Å²) in [7, 11) is 1.74. The minimum Gasteiger partial charge on any atom is -0.452 e. The van der Waals surface area contributed by atoms with E-state index in [-0.39, 0.29) is 17.3 Å². The van der Waals surface area contributed by atoms with Crippen LogP contribution >= 0.6 is 0 Å². The van der Waals surface area contributed by atoms with Crippen LogP contribution < -0.4 is 0 Å². The lowest BCUT2D eigenvalue weighted by molar-refractivity contribution is -0.165. The molecule has 0 saturated heterocycles. The zero-order valence-corrected chi connectivity index (χ0v) is 20.3. The first-order valence-electron chi connectivity index (χ1n) is 11.3. The molecule has 1 saturated carbocycles. The zero-order chi connectivity index (χ0) is 23.5. The third-order valence-corrected chi connectivity index (χ3v) is 5.48. The second-order valence-corrected chi connectivity index (χ2v) is 9.34. The molecule has 6 nitrogen and oxygen atoms in total. The van der Waals surface area contributed by atoms with Crippen molar-refractivity contribution in [3.8, 4) is 0 Å². The molecule has 0 radical (unpaired) electrons. The van der Waals surface area contributed by atoms with Crippen molar-refractivity contribution in [1.82, 2.24) is 9.78 Å². The molecule has 3 rings (SSSR count). The number of aliphatic imine (C=N–C) groups is 1. The minimum absolute atomic E-state index is 0.0125. The Bertz CT molecular complexity index is 1010. The summed E-state index contributed by atoms with van der Waals surface area (Å²) in [5.41, 5.74) is 4.82. The third-order valence-electron chi connectivity index (χ3n) is 5.48. The molecule has 1 fully saturated rings. The highest BCUT2D eigenvalue weighted by atomic mass is 16.7. The smallest absolute Gasteiger partial charge is 0.311 e. The van der Waals surface area contributed by atoms with Crippen molar-refractivity contribution >= 4 is 23.5 Å². The van der Waals surface area contributed by atoms with Gasteiger partial charge in [-0.3, -0.25) is 14.5 Å². The summed E-state index contributed by atoms with van der Waals surface area (Å²) >= 11 is 0. The van der Waals surface area contributed by atoms with Gasteiger partial charge in [-0.25, -0.2) is 0 Å². The summed E-state index contributed by atoms with van der Waals surface area (Å²) in [4.78, 5) is 16.5. The van der Waals surface area contributed by atoms with E-state index in [1.807, 2.05) is 24.6 Å². The molecule has 6 heteroatoms. The Hall–Kier alpha value is -2.89. The number of benzene rings is 1. The molecule has 1 aliphatic rings. The molecule has 0 bridgehead atoms. The minimum atomic E-state index is -0.729. The third kappa shape index (κ3) is 5.67. The number of esters is 1. The fourth-order valence-corrected chi connectivity index (χ4v) is 3.54. The highest BCUT2D eigenvalue weighted by molar-refractivity contribution is 6.18. The molecule has 1 aliphatic carbocycles. The summed E-state index contributed by atoms with van der Waals surface area (Å²) in [6.45, 7) is 13.0. The number of aryl methyl sites for hydroxylation is 2. The zero-order valence-electron chi connectivity index (χ0n) is 20.3. The van der Waals surface area contributed by atoms with Crippen LogP contribution in [0.5, 0.6) is 0 Å². The quantitative estimate of drug-likeness (QED) is 0.240. The maximum atomic E-state index is 12.2. The van der Waals surface area contributed by atoms with Gasteiger partial charge in [0, 0.05) is 32.3 Å². The number of rotatable bonds is 8. The van der Waals surface area contributed by atoms with E-state index in [4.69, 9.17) is 9.47 Å². The maximum absolute atomic E-state index is 12.2. The van der Waals surface area contributed by atoms with Crippen molar-refractivity contribution in [2.24, 2.45) is 10.9 Å². The predicted molar refractivity (Wildman–Crippen MR) is 128 cm³/mol. The van der Waals surface area contributed by atoms with Crippen LogP contribution in [0.4, 0.5) is 0 Å². The van der Waals surface area contributed by atoms with Gasteiger partial charge in [0.1, 0.15) is 5.69 Å². The molecule has 0 amide bonds. The molecule has 32 heavy (non-hydrogen) atoms. The Balaban J connectivity index is 2.08. The van der Waals surface area contributed by atoms with Crippen LogP contribution in [0.15, 0.2) is 35.3 Å². The summed E-state index contributed by atoms with van der Waals surface area (Å²) in [6.07, 6.45) is 2.85. The largest absolute Gasteiger partial charge is 0.452 e. The topological polar surface area (TPSA) is 65.7 Å². The van der Waals surface area contributed by atoms with Crippen molar-refractivity contribution in [3.63, 3.8) is 0 Å². The molecular formula is C26H35N3O3. The number of carbonyl (C=O) groups is 1. The molecule has 0 N–H and O–H groups in total. The van der Waals surface area contributed by atoms with E-state index in [0.29, 0.717) is 12.3 Å². The lowest BCUT2D eigenvalue weighted by Crippen LogP contribution is -2.20. The summed E-state index contributed by atoms with van der Waals surface area (Å²) in [6, 6.07) is 10.4. The van der Waals surface area contributed by atoms with E-state index in [2.05, 4.69) is 55.1 Å². The highest BCUT2D eigenvalue weighted by Gasteiger charge is 2.33. The Morgan fingerprint density at radius 2 is 1.91 bits per heavy atom. The molecule has 1 heterocycles. The van der Waals surface area contributed by atoms with Crippen molar-refractivity contribution < 1.29 is 14.3 Å². The van der Waals surface area contributed by atoms with E-state index in [1.54, 1.807) is 20.2 Å². The molecule has 1 aromatic carbocycles. The molecule has 1 aromatic heterocycles. The van der Waals surface area contributed by atoms with Crippen LogP contribution in [0, 0.1) is 12.8 Å². The first-order chi connectivity index (χ1) is 15.1. The van der Waals surface area contributed by atoms with Crippen molar-refractivity contribution in [1.29, 1.82) is 0 Å². The van der Waals surface area contributed by atoms with Gasteiger partial charge in [0.15, 0.2) is 5.76 Å². The van der Waals surface area contributed by atoms with Crippen molar-refractivity contribution in [3.05, 3.63) is 52.8 Å². The number of ether oxygens (including phenoxy) is 2. The van der Waals surface area contributed by atoms with Gasteiger partial charge in [-0.2, -0.15) is 5.10 Å². The molecular weight excluding hydrogens is 402 g/mol. The molecule has 0 aliphatic heterocycles. The van der Waals surface area contributed by atoms with Crippen molar-refractivity contribution in [2.45, 2.75) is 72.6 Å². The molecule has 2 aromatic rings. The highest BCUT2D eigenvalue weighted by Crippen LogP contribution is 2.33. The van der Waals surface area contributed by atoms with Gasteiger partial charge in [0.05, 0.1) is 11.6 Å². The molecule has 172 valence electrons. The van der Waals surface area contributed by atoms with Crippen LogP contribution in [0.3, 0.4) is 0 Å². The number of aromatic nitrogens is 2. The van der Waals surface area contributed by atoms with E-state index in [1.165, 1.54) is 5.56 Å². The number of allylic oxidation sites excluding steroid dienone is 1. The van der Waals surface area contributed by atoms with Gasteiger partial charge in [0.25, 0.3) is 0 Å². The second-order valence-electron chi connectivity index (χ2n) is 9.34. The van der Waals surface area contributed by atoms with Gasteiger partial charge in [-0.1, -0.05) is 45.0 Å². The number of carbonyl (C=O) groups excluding carboxylic acids is 1. The van der Waals surface area contributed by atoms with Crippen LogP contribution in [0.1, 0.15) is 70.0 Å². The normalized spacial score (nSPS) is 16.1. The Morgan fingerprint density at radius 1 is 1.25 bits per heavy atom. The standard InChI is InChI=1S/C26H35N3O3/c1-8-29-23(15-17(2)28-29)24(31-18(3)32-25(30)20-9-10-20)22(16-27-7)19-11-13-21(14-12-19)26(4,5)6/h11-16,18,20H,8-10H2,1-7H3/b24-22-,27-16+. The van der Waals surface area contributed by atoms with Crippen LogP contribution in [0.25, 0.3) is 11.3 Å². The Morgan fingerprint density at radius 3 is 2.44 bits per heavy atom. The van der Waals surface area contributed by atoms with E-state index in [9.17, 15) is 4.79 Å². The van der Waals surface area contributed by atoms with Crippen LogP contribution in [-0.4, -0.2) is 35.3 Å². The molecule has 0 spiro atoms. The fourth-order valence-electron chi connectivity index (χ4n) is 3.54. The first-order valence-corrected chi connectivity index (χ1v) is 11.3. The number of hydrogen-bond donors (Lipinski definition) is 0. The van der Waals surface area contributed by atoms with Crippen molar-refractivity contribution in [2.75, 3.05) is 7.05 Å². The van der Waals surface area contributed by atoms with Gasteiger partial charge >= 0.3 is 5.97 Å². The van der Waals surface area contributed by atoms with Gasteiger partial charge in [-0.05, 0) is 49.3 Å². The van der Waals surface area contributed by atoms with Gasteiger partial charge in [-0.15, -0.1) is 0 Å². The lowest BCUT2D eigenvalue weighted by Gasteiger charge is -2.22. The lowest BCUT2D eigenvalue weighted by atomic mass is 9.86.